The van der Waals surface area contributed by atoms with Crippen molar-refractivity contribution >= 4 is 39.5 Å². The van der Waals surface area contributed by atoms with E-state index in [-0.39, 0.29) is 18.3 Å². The van der Waals surface area contributed by atoms with Crippen molar-refractivity contribution in [2.24, 2.45) is 7.05 Å². The Bertz CT molecular complexity index is 2050. The number of hydrogen-bond acceptors (Lipinski definition) is 5. The number of carbonyl (C=O) groups is 1. The number of imidazole rings is 1. The summed E-state index contributed by atoms with van der Waals surface area (Å²) >= 11 is 5.88. The number of nitrogens with zero attached hydrogens (tertiary/aromatic N) is 4. The molecule has 1 fully saturated rings. The molecule has 0 aliphatic carbocycles. The number of carboxylic acid groups (broad SMARTS) is 1. The fraction of sp³-hybridized carbons (Fsp3) is 0.206. The molecule has 222 valence electrons. The molecule has 1 aliphatic heterocycles. The van der Waals surface area contributed by atoms with Gasteiger partial charge in [-0.3, -0.25) is 0 Å². The Balaban J connectivity index is 1.22. The van der Waals surface area contributed by atoms with E-state index in [4.69, 9.17) is 31.0 Å². The standard InChI is InChI=1S/C34H28ClFN4O4/c1-39-13-11-25-20(16-31-37-29-10-7-21(34(41)42)15-30(29)40(31)18-24-12-14-43-24)6-9-26(33(25)39)28-3-2-4-32(38-28)44-19-22-5-8-23(35)17-27(22)36/h2-11,13,15,17,24H,12,14,16,18-19H2,1H3,(H,41,42)/t24-/m0/s1. The Morgan fingerprint density at radius 3 is 2.70 bits per heavy atom. The van der Waals surface area contributed by atoms with Crippen LogP contribution in [0.2, 0.25) is 5.02 Å². The van der Waals surface area contributed by atoms with Crippen LogP contribution in [0.15, 0.2) is 79.0 Å². The molecule has 3 aromatic heterocycles. The lowest BCUT2D eigenvalue weighted by molar-refractivity contribution is -0.0589. The molecule has 10 heteroatoms. The number of aromatic nitrogens is 4. The summed E-state index contributed by atoms with van der Waals surface area (Å²) in [5, 5.41) is 11.0. The number of aromatic carboxylic acids is 1. The highest BCUT2D eigenvalue weighted by Gasteiger charge is 2.23. The second kappa shape index (κ2) is 11.4. The molecule has 0 amide bonds. The van der Waals surface area contributed by atoms with Gasteiger partial charge < -0.3 is 23.7 Å². The van der Waals surface area contributed by atoms with Gasteiger partial charge in [0, 0.05) is 53.9 Å². The fourth-order valence-corrected chi connectivity index (χ4v) is 5.88. The number of pyridine rings is 1. The van der Waals surface area contributed by atoms with E-state index in [2.05, 4.69) is 21.3 Å². The molecular formula is C34H28ClFN4O4. The Hall–Kier alpha value is -4.73. The summed E-state index contributed by atoms with van der Waals surface area (Å²) in [5.74, 6) is -0.163. The van der Waals surface area contributed by atoms with Gasteiger partial charge in [-0.2, -0.15) is 0 Å². The number of hydrogen-bond donors (Lipinski definition) is 1. The summed E-state index contributed by atoms with van der Waals surface area (Å²) < 4.78 is 30.0. The van der Waals surface area contributed by atoms with Crippen LogP contribution in [0, 0.1) is 5.82 Å². The Morgan fingerprint density at radius 1 is 1.09 bits per heavy atom. The van der Waals surface area contributed by atoms with E-state index >= 15 is 0 Å². The van der Waals surface area contributed by atoms with Crippen molar-refractivity contribution in [3.8, 4) is 17.1 Å². The second-order valence-corrected chi connectivity index (χ2v) is 11.4. The minimum absolute atomic E-state index is 0.0266. The van der Waals surface area contributed by atoms with E-state index in [0.717, 1.165) is 57.6 Å². The molecule has 0 radical (unpaired) electrons. The molecule has 1 atom stereocenters. The van der Waals surface area contributed by atoms with Gasteiger partial charge in [0.1, 0.15) is 18.2 Å². The number of aryl methyl sites for hydroxylation is 1. The van der Waals surface area contributed by atoms with E-state index in [1.165, 1.54) is 6.07 Å². The van der Waals surface area contributed by atoms with Gasteiger partial charge in [0.15, 0.2) is 0 Å². The molecule has 0 spiro atoms. The van der Waals surface area contributed by atoms with E-state index in [0.29, 0.717) is 29.4 Å². The number of carboxylic acids is 1. The van der Waals surface area contributed by atoms with Crippen molar-refractivity contribution < 1.29 is 23.8 Å². The average molecular weight is 611 g/mol. The van der Waals surface area contributed by atoms with Crippen LogP contribution in [0.5, 0.6) is 5.88 Å². The molecule has 44 heavy (non-hydrogen) atoms. The highest BCUT2D eigenvalue weighted by atomic mass is 35.5. The van der Waals surface area contributed by atoms with Crippen molar-refractivity contribution in [3.63, 3.8) is 0 Å². The lowest BCUT2D eigenvalue weighted by Gasteiger charge is -2.27. The van der Waals surface area contributed by atoms with Crippen LogP contribution in [0.3, 0.4) is 0 Å². The van der Waals surface area contributed by atoms with Gasteiger partial charge >= 0.3 is 5.97 Å². The van der Waals surface area contributed by atoms with Crippen LogP contribution in [0.25, 0.3) is 33.2 Å². The molecular weight excluding hydrogens is 583 g/mol. The fourth-order valence-electron chi connectivity index (χ4n) is 5.72. The van der Waals surface area contributed by atoms with Crippen molar-refractivity contribution in [3.05, 3.63) is 112 Å². The molecule has 4 heterocycles. The molecule has 0 unspecified atom stereocenters. The van der Waals surface area contributed by atoms with Crippen LogP contribution < -0.4 is 4.74 Å². The third kappa shape index (κ3) is 5.29. The van der Waals surface area contributed by atoms with E-state index in [1.54, 1.807) is 36.4 Å². The maximum Gasteiger partial charge on any atom is 0.335 e. The third-order valence-electron chi connectivity index (χ3n) is 8.12. The van der Waals surface area contributed by atoms with Crippen molar-refractivity contribution in [1.82, 2.24) is 19.1 Å². The van der Waals surface area contributed by atoms with Gasteiger partial charge in [-0.1, -0.05) is 35.9 Å². The quantitative estimate of drug-likeness (QED) is 0.189. The summed E-state index contributed by atoms with van der Waals surface area (Å²) in [6, 6.07) is 21.3. The molecule has 8 nitrogen and oxygen atoms in total. The minimum atomic E-state index is -0.970. The average Bonchev–Trinajstić information content (AvgIpc) is 3.54. The molecule has 0 saturated carbocycles. The van der Waals surface area contributed by atoms with Crippen molar-refractivity contribution in [2.75, 3.05) is 6.61 Å². The first-order valence-electron chi connectivity index (χ1n) is 14.3. The van der Waals surface area contributed by atoms with Crippen LogP contribution in [0.1, 0.15) is 33.7 Å². The van der Waals surface area contributed by atoms with E-state index < -0.39 is 11.8 Å². The largest absolute Gasteiger partial charge is 0.478 e. The highest BCUT2D eigenvalue weighted by molar-refractivity contribution is 6.30. The van der Waals surface area contributed by atoms with Crippen LogP contribution >= 0.6 is 11.6 Å². The topological polar surface area (TPSA) is 91.4 Å². The number of fused-ring (bicyclic) bond motifs is 2. The number of ether oxygens (including phenoxy) is 2. The summed E-state index contributed by atoms with van der Waals surface area (Å²) in [4.78, 5) is 21.4. The van der Waals surface area contributed by atoms with Gasteiger partial charge in [-0.25, -0.2) is 19.2 Å². The summed E-state index contributed by atoms with van der Waals surface area (Å²) in [5.41, 5.74) is 5.92. The zero-order chi connectivity index (χ0) is 30.4. The van der Waals surface area contributed by atoms with Crippen LogP contribution in [-0.4, -0.2) is 42.9 Å². The molecule has 0 bridgehead atoms. The molecule has 6 aromatic rings. The minimum Gasteiger partial charge on any atom is -0.478 e. The molecule has 3 aromatic carbocycles. The molecule has 1 saturated heterocycles. The molecule has 7 rings (SSSR count). The van der Waals surface area contributed by atoms with Gasteiger partial charge in [-0.05, 0) is 54.4 Å². The lowest BCUT2D eigenvalue weighted by Crippen LogP contribution is -2.31. The number of benzene rings is 3. The van der Waals surface area contributed by atoms with Gasteiger partial charge in [0.05, 0.1) is 40.5 Å². The predicted molar refractivity (Wildman–Crippen MR) is 166 cm³/mol. The van der Waals surface area contributed by atoms with Crippen LogP contribution in [-0.2, 0) is 31.4 Å². The number of rotatable bonds is 9. The van der Waals surface area contributed by atoms with Gasteiger partial charge in [-0.15, -0.1) is 0 Å². The maximum absolute atomic E-state index is 14.3. The Kier molecular flexibility index (Phi) is 7.27. The first kappa shape index (κ1) is 28.1. The zero-order valence-corrected chi connectivity index (χ0v) is 24.6. The molecule has 1 aliphatic rings. The smallest absolute Gasteiger partial charge is 0.335 e. The van der Waals surface area contributed by atoms with E-state index in [1.807, 2.05) is 31.4 Å². The van der Waals surface area contributed by atoms with Crippen LogP contribution in [0.4, 0.5) is 4.39 Å². The normalized spacial score (nSPS) is 14.7. The summed E-state index contributed by atoms with van der Waals surface area (Å²) in [6.07, 6.45) is 3.61. The third-order valence-corrected chi connectivity index (χ3v) is 8.35. The predicted octanol–water partition coefficient (Wildman–Crippen LogP) is 7.04. The van der Waals surface area contributed by atoms with Gasteiger partial charge in [0.25, 0.3) is 0 Å². The lowest BCUT2D eigenvalue weighted by atomic mass is 10.0. The maximum atomic E-state index is 14.3. The first-order valence-corrected chi connectivity index (χ1v) is 14.7. The monoisotopic (exact) mass is 610 g/mol. The molecule has 1 N–H and O–H groups in total. The Labute approximate surface area is 257 Å². The van der Waals surface area contributed by atoms with Crippen molar-refractivity contribution in [1.29, 1.82) is 0 Å². The van der Waals surface area contributed by atoms with Crippen molar-refractivity contribution in [2.45, 2.75) is 32.1 Å². The second-order valence-electron chi connectivity index (χ2n) is 11.0. The zero-order valence-electron chi connectivity index (χ0n) is 23.8. The Morgan fingerprint density at radius 2 is 1.93 bits per heavy atom. The highest BCUT2D eigenvalue weighted by Crippen LogP contribution is 2.33. The number of halogens is 2. The van der Waals surface area contributed by atoms with Gasteiger partial charge in [0.2, 0.25) is 5.88 Å². The summed E-state index contributed by atoms with van der Waals surface area (Å²) in [6.45, 7) is 1.37. The summed E-state index contributed by atoms with van der Waals surface area (Å²) in [7, 11) is 2.00. The van der Waals surface area contributed by atoms with E-state index in [9.17, 15) is 14.3 Å². The first-order chi connectivity index (χ1) is 21.3. The SMILES string of the molecule is Cn1ccc2c(Cc3nc4ccc(C(=O)O)cc4n3C[C@@H]3CCO3)ccc(-c3cccc(OCc4ccc(Cl)cc4F)n3)c21.